The van der Waals surface area contributed by atoms with Crippen molar-refractivity contribution >= 4 is 6.03 Å². The van der Waals surface area contributed by atoms with E-state index in [9.17, 15) is 4.79 Å². The lowest BCUT2D eigenvalue weighted by Crippen LogP contribution is -2.49. The quantitative estimate of drug-likeness (QED) is 0.764. The summed E-state index contributed by atoms with van der Waals surface area (Å²) in [7, 11) is 1.65. The highest BCUT2D eigenvalue weighted by molar-refractivity contribution is 5.74. The first-order valence-corrected chi connectivity index (χ1v) is 6.32. The van der Waals surface area contributed by atoms with E-state index in [0.717, 1.165) is 19.4 Å². The molecule has 0 aromatic carbocycles. The van der Waals surface area contributed by atoms with E-state index in [-0.39, 0.29) is 18.1 Å². The largest absolute Gasteiger partial charge is 0.383 e. The van der Waals surface area contributed by atoms with Crippen molar-refractivity contribution in [2.75, 3.05) is 33.5 Å². The lowest BCUT2D eigenvalue weighted by molar-refractivity contribution is 0.128. The molecule has 1 aliphatic heterocycles. The topological polar surface area (TPSA) is 50.8 Å². The summed E-state index contributed by atoms with van der Waals surface area (Å²) in [5.74, 6) is 0. The van der Waals surface area contributed by atoms with Gasteiger partial charge in [0, 0.05) is 26.3 Å². The van der Waals surface area contributed by atoms with Crippen LogP contribution in [0, 0.1) is 0 Å². The second kappa shape index (κ2) is 7.50. The Kier molecular flexibility index (Phi) is 6.29. The maximum Gasteiger partial charge on any atom is 0.318 e. The predicted molar refractivity (Wildman–Crippen MR) is 66.1 cm³/mol. The number of rotatable bonds is 6. The average Bonchev–Trinajstić information content (AvgIpc) is 2.81. The maximum absolute atomic E-state index is 12.1. The van der Waals surface area contributed by atoms with Gasteiger partial charge in [-0.3, -0.25) is 0 Å². The first kappa shape index (κ1) is 14.3. The van der Waals surface area contributed by atoms with E-state index >= 15 is 0 Å². The summed E-state index contributed by atoms with van der Waals surface area (Å²) in [6.45, 7) is 6.71. The van der Waals surface area contributed by atoms with Crippen molar-refractivity contribution in [1.82, 2.24) is 10.2 Å². The number of carbonyl (C=O) groups excluding carboxylic acids is 1. The van der Waals surface area contributed by atoms with Crippen LogP contribution in [0.5, 0.6) is 0 Å². The molecule has 0 radical (unpaired) electrons. The molecule has 1 N–H and O–H groups in total. The van der Waals surface area contributed by atoms with Crippen molar-refractivity contribution < 1.29 is 14.3 Å². The summed E-state index contributed by atoms with van der Waals surface area (Å²) in [5, 5.41) is 3.01. The van der Waals surface area contributed by atoms with E-state index < -0.39 is 0 Å². The third-order valence-electron chi connectivity index (χ3n) is 3.18. The second-order valence-electron chi connectivity index (χ2n) is 4.45. The van der Waals surface area contributed by atoms with Crippen LogP contribution in [0.15, 0.2) is 0 Å². The molecule has 2 amide bonds. The van der Waals surface area contributed by atoms with Gasteiger partial charge in [-0.05, 0) is 19.8 Å². The molecule has 0 aromatic heterocycles. The number of hydrogen-bond donors (Lipinski definition) is 1. The number of nitrogens with one attached hydrogen (secondary N) is 1. The van der Waals surface area contributed by atoms with E-state index in [1.165, 1.54) is 0 Å². The Morgan fingerprint density at radius 3 is 2.94 bits per heavy atom. The van der Waals surface area contributed by atoms with Gasteiger partial charge in [0.15, 0.2) is 0 Å². The average molecular weight is 244 g/mol. The summed E-state index contributed by atoms with van der Waals surface area (Å²) < 4.78 is 10.3. The summed E-state index contributed by atoms with van der Waals surface area (Å²) >= 11 is 0. The van der Waals surface area contributed by atoms with E-state index in [0.29, 0.717) is 19.8 Å². The lowest BCUT2D eigenvalue weighted by atomic mass is 10.2. The van der Waals surface area contributed by atoms with Gasteiger partial charge in [0.25, 0.3) is 0 Å². The molecule has 0 aromatic rings. The highest BCUT2D eigenvalue weighted by atomic mass is 16.5. The first-order valence-electron chi connectivity index (χ1n) is 6.32. The summed E-state index contributed by atoms with van der Waals surface area (Å²) in [6, 6.07) is 0.385. The standard InChI is InChI=1S/C12H24N2O3/c1-4-10(2)14(6-8-16-3)12(15)13-11-5-7-17-9-11/h10-11H,4-9H2,1-3H3,(H,13,15). The van der Waals surface area contributed by atoms with Crippen LogP contribution in [-0.2, 0) is 9.47 Å². The highest BCUT2D eigenvalue weighted by Crippen LogP contribution is 2.07. The third-order valence-corrected chi connectivity index (χ3v) is 3.18. The molecule has 1 heterocycles. The zero-order valence-corrected chi connectivity index (χ0v) is 11.1. The molecule has 0 saturated carbocycles. The Morgan fingerprint density at radius 2 is 2.41 bits per heavy atom. The van der Waals surface area contributed by atoms with Crippen LogP contribution in [-0.4, -0.2) is 56.5 Å². The predicted octanol–water partition coefficient (Wildman–Crippen LogP) is 1.23. The molecule has 1 saturated heterocycles. The van der Waals surface area contributed by atoms with Crippen molar-refractivity contribution in [1.29, 1.82) is 0 Å². The van der Waals surface area contributed by atoms with Gasteiger partial charge < -0.3 is 19.7 Å². The molecule has 100 valence electrons. The van der Waals surface area contributed by atoms with E-state index in [1.54, 1.807) is 7.11 Å². The van der Waals surface area contributed by atoms with Gasteiger partial charge in [-0.1, -0.05) is 6.92 Å². The number of nitrogens with zero attached hydrogens (tertiary/aromatic N) is 1. The molecule has 1 aliphatic rings. The summed E-state index contributed by atoms with van der Waals surface area (Å²) in [5.41, 5.74) is 0. The van der Waals surface area contributed by atoms with Gasteiger partial charge in [0.2, 0.25) is 0 Å². The van der Waals surface area contributed by atoms with Gasteiger partial charge >= 0.3 is 6.03 Å². The summed E-state index contributed by atoms with van der Waals surface area (Å²) in [6.07, 6.45) is 1.85. The zero-order valence-electron chi connectivity index (χ0n) is 11.1. The van der Waals surface area contributed by atoms with Crippen molar-refractivity contribution in [3.8, 4) is 0 Å². The Balaban J connectivity index is 2.45. The molecule has 0 spiro atoms. The van der Waals surface area contributed by atoms with Gasteiger partial charge in [0.05, 0.1) is 19.3 Å². The van der Waals surface area contributed by atoms with Crippen LogP contribution in [0.2, 0.25) is 0 Å². The van der Waals surface area contributed by atoms with Crippen molar-refractivity contribution in [3.05, 3.63) is 0 Å². The Labute approximate surface area is 103 Å². The third kappa shape index (κ3) is 4.52. The first-order chi connectivity index (χ1) is 8.19. The molecule has 5 nitrogen and oxygen atoms in total. The molecule has 0 aliphatic carbocycles. The number of methoxy groups -OCH3 is 1. The van der Waals surface area contributed by atoms with Crippen LogP contribution in [0.3, 0.4) is 0 Å². The molecular formula is C12H24N2O3. The van der Waals surface area contributed by atoms with Gasteiger partial charge in [-0.15, -0.1) is 0 Å². The minimum Gasteiger partial charge on any atom is -0.383 e. The van der Waals surface area contributed by atoms with Gasteiger partial charge in [-0.25, -0.2) is 4.79 Å². The molecule has 1 rings (SSSR count). The minimum atomic E-state index is -0.00750. The SMILES string of the molecule is CCC(C)N(CCOC)C(=O)NC1CCOC1. The molecule has 5 heteroatoms. The van der Waals surface area contributed by atoms with Gasteiger partial charge in [0.1, 0.15) is 0 Å². The Hall–Kier alpha value is -0.810. The molecule has 1 fully saturated rings. The van der Waals surface area contributed by atoms with Crippen LogP contribution < -0.4 is 5.32 Å². The zero-order chi connectivity index (χ0) is 12.7. The second-order valence-corrected chi connectivity index (χ2v) is 4.45. The molecule has 2 unspecified atom stereocenters. The fourth-order valence-electron chi connectivity index (χ4n) is 1.84. The number of ether oxygens (including phenoxy) is 2. The lowest BCUT2D eigenvalue weighted by Gasteiger charge is -2.29. The number of urea groups is 1. The van der Waals surface area contributed by atoms with Crippen LogP contribution >= 0.6 is 0 Å². The maximum atomic E-state index is 12.1. The van der Waals surface area contributed by atoms with Crippen molar-refractivity contribution in [2.45, 2.75) is 38.8 Å². The van der Waals surface area contributed by atoms with Crippen LogP contribution in [0.4, 0.5) is 4.79 Å². The van der Waals surface area contributed by atoms with Crippen molar-refractivity contribution in [2.24, 2.45) is 0 Å². The fraction of sp³-hybridized carbons (Fsp3) is 0.917. The van der Waals surface area contributed by atoms with E-state index in [1.807, 2.05) is 4.90 Å². The Bertz CT molecular complexity index is 230. The van der Waals surface area contributed by atoms with Gasteiger partial charge in [-0.2, -0.15) is 0 Å². The molecular weight excluding hydrogens is 220 g/mol. The van der Waals surface area contributed by atoms with E-state index in [4.69, 9.17) is 9.47 Å². The number of hydrogen-bond acceptors (Lipinski definition) is 3. The number of carbonyl (C=O) groups is 1. The smallest absolute Gasteiger partial charge is 0.318 e. The normalized spacial score (nSPS) is 21.2. The summed E-state index contributed by atoms with van der Waals surface area (Å²) in [4.78, 5) is 13.9. The highest BCUT2D eigenvalue weighted by Gasteiger charge is 2.23. The molecule has 17 heavy (non-hydrogen) atoms. The van der Waals surface area contributed by atoms with E-state index in [2.05, 4.69) is 19.2 Å². The van der Waals surface area contributed by atoms with Crippen LogP contribution in [0.1, 0.15) is 26.7 Å². The number of amides is 2. The fourth-order valence-corrected chi connectivity index (χ4v) is 1.84. The van der Waals surface area contributed by atoms with Crippen molar-refractivity contribution in [3.63, 3.8) is 0 Å². The Morgan fingerprint density at radius 1 is 1.65 bits per heavy atom. The molecule has 2 atom stereocenters. The monoisotopic (exact) mass is 244 g/mol. The van der Waals surface area contributed by atoms with Crippen LogP contribution in [0.25, 0.3) is 0 Å². The minimum absolute atomic E-state index is 0.00750. The molecule has 0 bridgehead atoms.